The minimum atomic E-state index is -1.01. The fourth-order valence-corrected chi connectivity index (χ4v) is 8.03. The van der Waals surface area contributed by atoms with Crippen LogP contribution in [0.3, 0.4) is 0 Å². The van der Waals surface area contributed by atoms with E-state index in [1.54, 1.807) is 35.1 Å². The summed E-state index contributed by atoms with van der Waals surface area (Å²) < 4.78 is 1.77. The number of likely N-dealkylation sites (tertiary alicyclic amines) is 1. The van der Waals surface area contributed by atoms with Crippen molar-refractivity contribution in [2.24, 2.45) is 13.0 Å². The maximum absolute atomic E-state index is 13.3. The number of aryl methyl sites for hydroxylation is 1. The average Bonchev–Trinajstić information content (AvgIpc) is 3.96. The molecule has 2 aromatic heterocycles. The molecule has 2 unspecified atom stereocenters. The van der Waals surface area contributed by atoms with Crippen LogP contribution in [0.1, 0.15) is 81.8 Å². The van der Waals surface area contributed by atoms with Crippen molar-refractivity contribution in [3.8, 4) is 0 Å². The first-order valence-corrected chi connectivity index (χ1v) is 19.4. The Balaban J connectivity index is 0.733. The zero-order valence-electron chi connectivity index (χ0n) is 31.6. The van der Waals surface area contributed by atoms with E-state index < -0.39 is 29.7 Å². The number of aromatic nitrogens is 4. The lowest BCUT2D eigenvalue weighted by Crippen LogP contribution is -2.54. The van der Waals surface area contributed by atoms with Gasteiger partial charge in [0.05, 0.1) is 40.4 Å². The number of rotatable bonds is 14. The highest BCUT2D eigenvalue weighted by Crippen LogP contribution is 2.32. The van der Waals surface area contributed by atoms with Crippen LogP contribution in [0, 0.1) is 5.92 Å². The third-order valence-corrected chi connectivity index (χ3v) is 11.0. The summed E-state index contributed by atoms with van der Waals surface area (Å²) in [5, 5.41) is 16.7. The maximum atomic E-state index is 13.3. The number of hydrogen-bond acceptors (Lipinski definition) is 10. The van der Waals surface area contributed by atoms with Crippen molar-refractivity contribution >= 4 is 68.8 Å². The van der Waals surface area contributed by atoms with Crippen molar-refractivity contribution in [1.82, 2.24) is 40.2 Å². The summed E-state index contributed by atoms with van der Waals surface area (Å²) >= 11 is 0. The van der Waals surface area contributed by atoms with E-state index in [1.165, 1.54) is 0 Å². The number of imidazole rings is 1. The Bertz CT molecular complexity index is 2420. The Morgan fingerprint density at radius 3 is 2.67 bits per heavy atom. The number of anilines is 2. The average molecular weight is 773 g/mol. The van der Waals surface area contributed by atoms with E-state index in [0.29, 0.717) is 43.0 Å². The molecule has 3 aliphatic heterocycles. The number of hydrogen-bond donors (Lipinski definition) is 5. The number of carbonyl (C=O) groups excluding carboxylic acids is 6. The van der Waals surface area contributed by atoms with Gasteiger partial charge in [0, 0.05) is 61.8 Å². The van der Waals surface area contributed by atoms with E-state index in [9.17, 15) is 28.8 Å². The van der Waals surface area contributed by atoms with Gasteiger partial charge in [-0.25, -0.2) is 4.98 Å². The maximum Gasteiger partial charge on any atom is 0.264 e. The van der Waals surface area contributed by atoms with Crippen LogP contribution in [0.15, 0.2) is 60.8 Å². The van der Waals surface area contributed by atoms with E-state index in [0.717, 1.165) is 71.4 Å². The van der Waals surface area contributed by atoms with Gasteiger partial charge < -0.3 is 20.9 Å². The van der Waals surface area contributed by atoms with Crippen LogP contribution in [-0.4, -0.2) is 97.2 Å². The monoisotopic (exact) mass is 772 g/mol. The number of carbonyl (C=O) groups is 6. The molecule has 57 heavy (non-hydrogen) atoms. The van der Waals surface area contributed by atoms with Crippen LogP contribution in [0.4, 0.5) is 11.4 Å². The molecule has 0 bridgehead atoms. The summed E-state index contributed by atoms with van der Waals surface area (Å²) in [7, 11) is 1.87. The number of amides is 6. The third-order valence-electron chi connectivity index (χ3n) is 11.0. The molecule has 3 aliphatic rings. The van der Waals surface area contributed by atoms with Crippen LogP contribution in [0.2, 0.25) is 0 Å². The first-order chi connectivity index (χ1) is 27.6. The first-order valence-electron chi connectivity index (χ1n) is 19.4. The lowest BCUT2D eigenvalue weighted by molar-refractivity contribution is -0.136. The van der Waals surface area contributed by atoms with E-state index in [1.807, 2.05) is 37.4 Å². The number of piperidine rings is 1. The molecule has 5 N–H and O–H groups in total. The quantitative estimate of drug-likeness (QED) is 0.0818. The van der Waals surface area contributed by atoms with Gasteiger partial charge in [-0.3, -0.25) is 48.6 Å². The first kappa shape index (κ1) is 37.5. The fourth-order valence-electron chi connectivity index (χ4n) is 8.03. The zero-order valence-corrected chi connectivity index (χ0v) is 31.6. The molecule has 2 atom stereocenters. The summed E-state index contributed by atoms with van der Waals surface area (Å²) in [5.41, 5.74) is 4.85. The highest BCUT2D eigenvalue weighted by molar-refractivity contribution is 6.25. The molecule has 8 rings (SSSR count). The number of nitrogens with zero attached hydrogens (tertiary/aromatic N) is 5. The van der Waals surface area contributed by atoms with Crippen molar-refractivity contribution in [1.29, 1.82) is 0 Å². The molecule has 294 valence electrons. The van der Waals surface area contributed by atoms with Gasteiger partial charge in [-0.15, -0.1) is 0 Å². The van der Waals surface area contributed by atoms with Crippen LogP contribution in [0.5, 0.6) is 0 Å². The molecule has 5 heterocycles. The van der Waals surface area contributed by atoms with E-state index in [4.69, 9.17) is 4.98 Å². The summed E-state index contributed by atoms with van der Waals surface area (Å²) in [4.78, 5) is 87.5. The van der Waals surface area contributed by atoms with Gasteiger partial charge in [0.2, 0.25) is 17.7 Å². The number of benzene rings is 3. The third kappa shape index (κ3) is 7.98. The second kappa shape index (κ2) is 16.0. The molecule has 0 spiro atoms. The fraction of sp³-hybridized carbons (Fsp3) is 0.366. The molecule has 16 heteroatoms. The van der Waals surface area contributed by atoms with Crippen LogP contribution >= 0.6 is 0 Å². The van der Waals surface area contributed by atoms with Gasteiger partial charge in [0.15, 0.2) is 0 Å². The highest BCUT2D eigenvalue weighted by atomic mass is 16.2. The number of fused-ring (bicyclic) bond motifs is 3. The lowest BCUT2D eigenvalue weighted by atomic mass is 10.0. The van der Waals surface area contributed by atoms with E-state index in [-0.39, 0.29) is 41.7 Å². The largest absolute Gasteiger partial charge is 0.384 e. The molecule has 6 amide bonds. The van der Waals surface area contributed by atoms with Crippen LogP contribution in [0.25, 0.3) is 21.9 Å². The van der Waals surface area contributed by atoms with Gasteiger partial charge >= 0.3 is 0 Å². The molecular formula is C41H44N10O6. The summed E-state index contributed by atoms with van der Waals surface area (Å²) in [5.74, 6) is -1.18. The van der Waals surface area contributed by atoms with Gasteiger partial charge in [-0.2, -0.15) is 5.10 Å². The minimum absolute atomic E-state index is 0.0437. The predicted molar refractivity (Wildman–Crippen MR) is 211 cm³/mol. The SMILES string of the molecule is Cn1ncc2cc(C(=O)Nc3ccc4[nH]c(CN5CCC(CC(=O)NCCCCCNc6cccc7c6C(=O)N(C6CCC(=O)NC6=O)C7=O)C5)nc4c3)ccc21. The van der Waals surface area contributed by atoms with Crippen molar-refractivity contribution in [3.05, 3.63) is 83.3 Å². The summed E-state index contributed by atoms with van der Waals surface area (Å²) in [6, 6.07) is 15.2. The van der Waals surface area contributed by atoms with Crippen LogP contribution < -0.4 is 21.3 Å². The molecule has 5 aromatic rings. The molecule has 0 aliphatic carbocycles. The van der Waals surface area contributed by atoms with Crippen molar-refractivity contribution in [2.45, 2.75) is 57.5 Å². The number of aromatic amines is 1. The van der Waals surface area contributed by atoms with Gasteiger partial charge in [-0.05, 0) is 93.1 Å². The molecule has 16 nitrogen and oxygen atoms in total. The molecule has 2 saturated heterocycles. The summed E-state index contributed by atoms with van der Waals surface area (Å²) in [6.07, 6.45) is 5.76. The molecule has 2 fully saturated rings. The number of H-pyrrole nitrogens is 1. The predicted octanol–water partition coefficient (Wildman–Crippen LogP) is 3.71. The van der Waals surface area contributed by atoms with Gasteiger partial charge in [0.25, 0.3) is 17.7 Å². The standard InChI is InChI=1S/C41H44N10O6/c1-49-32-11-8-25(19-26(32)21-44-49)38(54)45-27-9-10-29-31(20-27)47-34(46-29)23-50-17-14-24(22-50)18-36(53)43-16-4-2-3-15-42-30-7-5-6-28-37(30)41(57)51(40(28)56)33-12-13-35(52)48-39(33)55/h5-11,19-21,24,33,42H,2-4,12-18,22-23H2,1H3,(H,43,53)(H,45,54)(H,46,47)(H,48,52,55). The topological polar surface area (TPSA) is 204 Å². The Morgan fingerprint density at radius 1 is 0.947 bits per heavy atom. The Morgan fingerprint density at radius 2 is 1.81 bits per heavy atom. The van der Waals surface area contributed by atoms with Crippen LogP contribution in [-0.2, 0) is 28.0 Å². The zero-order chi connectivity index (χ0) is 39.6. The molecule has 0 saturated carbocycles. The molecule has 3 aromatic carbocycles. The Hall–Kier alpha value is -6.42. The van der Waals surface area contributed by atoms with E-state index in [2.05, 4.69) is 36.2 Å². The van der Waals surface area contributed by atoms with Gasteiger partial charge in [-0.1, -0.05) is 6.07 Å². The number of imide groups is 2. The molecular weight excluding hydrogens is 729 g/mol. The second-order valence-electron chi connectivity index (χ2n) is 15.0. The van der Waals surface area contributed by atoms with E-state index >= 15 is 0 Å². The minimum Gasteiger partial charge on any atom is -0.384 e. The van der Waals surface area contributed by atoms with Gasteiger partial charge in [0.1, 0.15) is 11.9 Å². The Kier molecular flexibility index (Phi) is 10.5. The summed E-state index contributed by atoms with van der Waals surface area (Å²) in [6.45, 7) is 3.47. The Labute approximate surface area is 327 Å². The number of unbranched alkanes of at least 4 members (excludes halogenated alkanes) is 2. The number of nitrogens with one attached hydrogen (secondary N) is 5. The van der Waals surface area contributed by atoms with Crippen molar-refractivity contribution in [2.75, 3.05) is 36.8 Å². The molecule has 0 radical (unpaired) electrons. The van der Waals surface area contributed by atoms with Crippen molar-refractivity contribution in [3.63, 3.8) is 0 Å². The highest BCUT2D eigenvalue weighted by Gasteiger charge is 2.45. The van der Waals surface area contributed by atoms with Crippen molar-refractivity contribution < 1.29 is 28.8 Å². The second-order valence-corrected chi connectivity index (χ2v) is 15.0. The smallest absolute Gasteiger partial charge is 0.264 e. The lowest BCUT2D eigenvalue weighted by Gasteiger charge is -2.27. The normalized spacial score (nSPS) is 18.4.